The Morgan fingerprint density at radius 2 is 2.00 bits per heavy atom. The fourth-order valence-electron chi connectivity index (χ4n) is 2.00. The van der Waals surface area contributed by atoms with Crippen molar-refractivity contribution in [2.45, 2.75) is 6.54 Å². The van der Waals surface area contributed by atoms with E-state index in [9.17, 15) is 9.59 Å². The third kappa shape index (κ3) is 3.35. The molecule has 1 heterocycles. The molecule has 0 bridgehead atoms. The third-order valence-corrected chi connectivity index (χ3v) is 3.34. The van der Waals surface area contributed by atoms with Gasteiger partial charge in [0.15, 0.2) is 0 Å². The van der Waals surface area contributed by atoms with Gasteiger partial charge in [0.05, 0.1) is 0 Å². The SMILES string of the molecule is C=CC(=O)N1CCN(Cc2ccc(Cl)cc2)C(=O)C1. The summed E-state index contributed by atoms with van der Waals surface area (Å²) in [7, 11) is 0. The Bertz CT molecular complexity index is 499. The highest BCUT2D eigenvalue weighted by atomic mass is 35.5. The van der Waals surface area contributed by atoms with Crippen LogP contribution in [0.15, 0.2) is 36.9 Å². The van der Waals surface area contributed by atoms with Crippen LogP contribution in [-0.2, 0) is 16.1 Å². The predicted octanol–water partition coefficient (Wildman–Crippen LogP) is 1.70. The number of benzene rings is 1. The molecule has 4 nitrogen and oxygen atoms in total. The first kappa shape index (κ1) is 13.6. The van der Waals surface area contributed by atoms with E-state index in [1.54, 1.807) is 17.0 Å². The van der Waals surface area contributed by atoms with E-state index in [0.717, 1.165) is 5.56 Å². The summed E-state index contributed by atoms with van der Waals surface area (Å²) in [5, 5.41) is 0.677. The van der Waals surface area contributed by atoms with Gasteiger partial charge in [-0.1, -0.05) is 30.3 Å². The molecule has 0 radical (unpaired) electrons. The lowest BCUT2D eigenvalue weighted by atomic mass is 10.2. The van der Waals surface area contributed by atoms with Crippen LogP contribution in [0.4, 0.5) is 0 Å². The first-order valence-electron chi connectivity index (χ1n) is 6.03. The average molecular weight is 279 g/mol. The molecule has 0 aromatic heterocycles. The second-order valence-corrected chi connectivity index (χ2v) is 4.84. The molecule has 0 N–H and O–H groups in total. The van der Waals surface area contributed by atoms with Gasteiger partial charge < -0.3 is 9.80 Å². The predicted molar refractivity (Wildman–Crippen MR) is 73.6 cm³/mol. The van der Waals surface area contributed by atoms with Crippen molar-refractivity contribution in [2.24, 2.45) is 0 Å². The van der Waals surface area contributed by atoms with Crippen molar-refractivity contribution in [1.82, 2.24) is 9.80 Å². The Hall–Kier alpha value is -1.81. The molecular weight excluding hydrogens is 264 g/mol. The summed E-state index contributed by atoms with van der Waals surface area (Å²) in [4.78, 5) is 26.7. The van der Waals surface area contributed by atoms with Crippen LogP contribution >= 0.6 is 11.6 Å². The molecule has 2 rings (SSSR count). The molecule has 0 unspecified atom stereocenters. The molecule has 2 amide bonds. The van der Waals surface area contributed by atoms with Crippen LogP contribution in [0.1, 0.15) is 5.56 Å². The topological polar surface area (TPSA) is 40.6 Å². The minimum atomic E-state index is -0.195. The van der Waals surface area contributed by atoms with Crippen molar-refractivity contribution < 1.29 is 9.59 Å². The number of carbonyl (C=O) groups excluding carboxylic acids is 2. The molecule has 1 fully saturated rings. The Labute approximate surface area is 117 Å². The summed E-state index contributed by atoms with van der Waals surface area (Å²) in [6.07, 6.45) is 1.24. The standard InChI is InChI=1S/C14H15ClN2O2/c1-2-13(18)17-8-7-16(14(19)10-17)9-11-3-5-12(15)6-4-11/h2-6H,1,7-10H2. The van der Waals surface area contributed by atoms with E-state index in [-0.39, 0.29) is 18.4 Å². The van der Waals surface area contributed by atoms with Crippen molar-refractivity contribution in [3.05, 3.63) is 47.5 Å². The van der Waals surface area contributed by atoms with Crippen LogP contribution in [0, 0.1) is 0 Å². The maximum Gasteiger partial charge on any atom is 0.246 e. The summed E-state index contributed by atoms with van der Waals surface area (Å²) in [6.45, 7) is 5.19. The minimum absolute atomic E-state index is 0.0450. The van der Waals surface area contributed by atoms with E-state index in [1.807, 2.05) is 12.1 Å². The second-order valence-electron chi connectivity index (χ2n) is 4.41. The molecule has 100 valence electrons. The summed E-state index contributed by atoms with van der Waals surface area (Å²) in [5.74, 6) is -0.240. The molecule has 1 aromatic rings. The Morgan fingerprint density at radius 1 is 1.32 bits per heavy atom. The van der Waals surface area contributed by atoms with Crippen molar-refractivity contribution >= 4 is 23.4 Å². The van der Waals surface area contributed by atoms with Gasteiger partial charge in [-0.15, -0.1) is 0 Å². The van der Waals surface area contributed by atoms with Crippen LogP contribution in [0.25, 0.3) is 0 Å². The molecule has 0 aliphatic carbocycles. The first-order valence-corrected chi connectivity index (χ1v) is 6.41. The van der Waals surface area contributed by atoms with Crippen LogP contribution in [0.3, 0.4) is 0 Å². The Kier molecular flexibility index (Phi) is 4.22. The summed E-state index contributed by atoms with van der Waals surface area (Å²) < 4.78 is 0. The monoisotopic (exact) mass is 278 g/mol. The number of halogens is 1. The van der Waals surface area contributed by atoms with Crippen molar-refractivity contribution in [3.63, 3.8) is 0 Å². The van der Waals surface area contributed by atoms with Gasteiger partial charge in [0.2, 0.25) is 11.8 Å². The lowest BCUT2D eigenvalue weighted by Gasteiger charge is -2.33. The van der Waals surface area contributed by atoms with Crippen LogP contribution in [0.2, 0.25) is 5.02 Å². The van der Waals surface area contributed by atoms with E-state index in [1.165, 1.54) is 11.0 Å². The summed E-state index contributed by atoms with van der Waals surface area (Å²) in [5.41, 5.74) is 1.03. The molecule has 1 aliphatic heterocycles. The number of nitrogens with zero attached hydrogens (tertiary/aromatic N) is 2. The largest absolute Gasteiger partial charge is 0.335 e. The number of carbonyl (C=O) groups is 2. The number of rotatable bonds is 3. The fourth-order valence-corrected chi connectivity index (χ4v) is 2.13. The zero-order valence-electron chi connectivity index (χ0n) is 10.5. The van der Waals surface area contributed by atoms with Crippen LogP contribution in [0.5, 0.6) is 0 Å². The average Bonchev–Trinajstić information content (AvgIpc) is 2.42. The molecular formula is C14H15ClN2O2. The van der Waals surface area contributed by atoms with E-state index >= 15 is 0 Å². The highest BCUT2D eigenvalue weighted by Crippen LogP contribution is 2.13. The van der Waals surface area contributed by atoms with Crippen molar-refractivity contribution in [1.29, 1.82) is 0 Å². The van der Waals surface area contributed by atoms with Gasteiger partial charge >= 0.3 is 0 Å². The quantitative estimate of drug-likeness (QED) is 0.790. The fraction of sp³-hybridized carbons (Fsp3) is 0.286. The van der Waals surface area contributed by atoms with E-state index in [4.69, 9.17) is 11.6 Å². The lowest BCUT2D eigenvalue weighted by Crippen LogP contribution is -2.51. The summed E-state index contributed by atoms with van der Waals surface area (Å²) in [6, 6.07) is 7.41. The van der Waals surface area contributed by atoms with Crippen LogP contribution in [-0.4, -0.2) is 41.2 Å². The number of piperazine rings is 1. The second kappa shape index (κ2) is 5.89. The van der Waals surface area contributed by atoms with Gasteiger partial charge in [0, 0.05) is 24.7 Å². The molecule has 0 atom stereocenters. The maximum absolute atomic E-state index is 12.0. The van der Waals surface area contributed by atoms with Gasteiger partial charge in [-0.3, -0.25) is 9.59 Å². The van der Waals surface area contributed by atoms with Gasteiger partial charge in [-0.05, 0) is 23.8 Å². The van der Waals surface area contributed by atoms with Crippen molar-refractivity contribution in [3.8, 4) is 0 Å². The zero-order chi connectivity index (χ0) is 13.8. The van der Waals surface area contributed by atoms with E-state index < -0.39 is 0 Å². The summed E-state index contributed by atoms with van der Waals surface area (Å²) >= 11 is 5.82. The minimum Gasteiger partial charge on any atom is -0.335 e. The highest BCUT2D eigenvalue weighted by Gasteiger charge is 2.25. The van der Waals surface area contributed by atoms with Crippen LogP contribution < -0.4 is 0 Å². The smallest absolute Gasteiger partial charge is 0.246 e. The number of hydrogen-bond donors (Lipinski definition) is 0. The molecule has 1 aromatic carbocycles. The van der Waals surface area contributed by atoms with E-state index in [0.29, 0.717) is 24.7 Å². The maximum atomic E-state index is 12.0. The zero-order valence-corrected chi connectivity index (χ0v) is 11.3. The third-order valence-electron chi connectivity index (χ3n) is 3.09. The normalized spacial score (nSPS) is 15.5. The van der Waals surface area contributed by atoms with Gasteiger partial charge in [-0.2, -0.15) is 0 Å². The molecule has 5 heteroatoms. The highest BCUT2D eigenvalue weighted by molar-refractivity contribution is 6.30. The molecule has 1 saturated heterocycles. The molecule has 0 saturated carbocycles. The van der Waals surface area contributed by atoms with Gasteiger partial charge in [0.1, 0.15) is 6.54 Å². The lowest BCUT2D eigenvalue weighted by molar-refractivity contribution is -0.143. The first-order chi connectivity index (χ1) is 9.10. The Balaban J connectivity index is 1.97. The van der Waals surface area contributed by atoms with E-state index in [2.05, 4.69) is 6.58 Å². The number of hydrogen-bond acceptors (Lipinski definition) is 2. The molecule has 19 heavy (non-hydrogen) atoms. The molecule has 1 aliphatic rings. The van der Waals surface area contributed by atoms with Crippen molar-refractivity contribution in [2.75, 3.05) is 19.6 Å². The molecule has 0 spiro atoms. The number of amides is 2. The van der Waals surface area contributed by atoms with Gasteiger partial charge in [-0.25, -0.2) is 0 Å². The Morgan fingerprint density at radius 3 is 2.58 bits per heavy atom. The van der Waals surface area contributed by atoms with Gasteiger partial charge in [0.25, 0.3) is 0 Å².